The lowest BCUT2D eigenvalue weighted by molar-refractivity contribution is 0.108. The zero-order valence-electron chi connectivity index (χ0n) is 23.4. The molecule has 0 saturated carbocycles. The number of anilines is 1. The lowest BCUT2D eigenvalue weighted by Gasteiger charge is -2.34. The predicted octanol–water partition coefficient (Wildman–Crippen LogP) is 5.65. The van der Waals surface area contributed by atoms with E-state index >= 15 is 4.39 Å². The Kier molecular flexibility index (Phi) is 6.31. The van der Waals surface area contributed by atoms with Crippen molar-refractivity contribution in [2.75, 3.05) is 43.9 Å². The maximum Gasteiger partial charge on any atom is 0.319 e. The molecule has 212 valence electrons. The van der Waals surface area contributed by atoms with E-state index in [1.807, 2.05) is 18.2 Å². The summed E-state index contributed by atoms with van der Waals surface area (Å²) in [6.07, 6.45) is 10.8. The van der Waals surface area contributed by atoms with Crippen molar-refractivity contribution in [2.45, 2.75) is 61.0 Å². The van der Waals surface area contributed by atoms with Crippen molar-refractivity contribution in [3.63, 3.8) is 0 Å². The van der Waals surface area contributed by atoms with E-state index in [2.05, 4.69) is 39.6 Å². The van der Waals surface area contributed by atoms with Gasteiger partial charge in [0.1, 0.15) is 23.6 Å². The van der Waals surface area contributed by atoms with Crippen molar-refractivity contribution in [1.82, 2.24) is 25.2 Å². The number of halogens is 1. The number of hydrogen-bond acceptors (Lipinski definition) is 8. The van der Waals surface area contributed by atoms with Crippen molar-refractivity contribution in [1.29, 1.82) is 0 Å². The molecule has 0 unspecified atom stereocenters. The Morgan fingerprint density at radius 2 is 1.80 bits per heavy atom. The van der Waals surface area contributed by atoms with Crippen LogP contribution in [-0.2, 0) is 0 Å². The van der Waals surface area contributed by atoms with Gasteiger partial charge in [0.05, 0.1) is 10.9 Å². The Bertz CT molecular complexity index is 1620. The van der Waals surface area contributed by atoms with Crippen LogP contribution in [0.3, 0.4) is 0 Å². The monoisotopic (exact) mass is 570 g/mol. The molecule has 0 radical (unpaired) electrons. The van der Waals surface area contributed by atoms with Gasteiger partial charge in [-0.25, -0.2) is 4.39 Å². The minimum atomic E-state index is -0.418. The lowest BCUT2D eigenvalue weighted by atomic mass is 9.95. The maximum absolute atomic E-state index is 16.7. The number of nitrogens with zero attached hydrogens (tertiary/aromatic N) is 5. The third kappa shape index (κ3) is 4.27. The summed E-state index contributed by atoms with van der Waals surface area (Å²) in [5.41, 5.74) is 1.44. The van der Waals surface area contributed by atoms with Gasteiger partial charge in [-0.3, -0.25) is 9.88 Å². The summed E-state index contributed by atoms with van der Waals surface area (Å²) < 4.78 is 23.1. The maximum atomic E-state index is 16.7. The fraction of sp³-hybridized carbons (Fsp3) is 0.469. The quantitative estimate of drug-likeness (QED) is 0.298. The highest BCUT2D eigenvalue weighted by atomic mass is 32.2. The van der Waals surface area contributed by atoms with Crippen LogP contribution >= 0.6 is 11.8 Å². The van der Waals surface area contributed by atoms with Crippen LogP contribution in [0.25, 0.3) is 32.9 Å². The molecule has 2 atom stereocenters. The van der Waals surface area contributed by atoms with Gasteiger partial charge in [-0.05, 0) is 69.3 Å². The van der Waals surface area contributed by atoms with Crippen molar-refractivity contribution in [2.24, 2.45) is 0 Å². The first kappa shape index (κ1) is 25.7. The summed E-state index contributed by atoms with van der Waals surface area (Å²) in [6, 6.07) is 13.3. The van der Waals surface area contributed by atoms with Gasteiger partial charge in [0.2, 0.25) is 0 Å². The van der Waals surface area contributed by atoms with E-state index in [0.717, 1.165) is 78.9 Å². The van der Waals surface area contributed by atoms with Crippen LogP contribution in [0.15, 0.2) is 47.5 Å². The number of rotatable bonds is 6. The SMILES string of the molecule is CSc1cccc2cccc(-c3ncc4c(N5C[C@H]6CC[C@@H](C5)N6)nc(OCC56CCCN5CCC6)nc4c3F)c12. The average Bonchev–Trinajstić information content (AvgIpc) is 3.69. The number of thioether (sulfide) groups is 1. The zero-order chi connectivity index (χ0) is 27.6. The average molecular weight is 571 g/mol. The van der Waals surface area contributed by atoms with Gasteiger partial charge in [-0.1, -0.05) is 30.3 Å². The summed E-state index contributed by atoms with van der Waals surface area (Å²) >= 11 is 1.66. The summed E-state index contributed by atoms with van der Waals surface area (Å²) in [4.78, 5) is 20.4. The van der Waals surface area contributed by atoms with Crippen molar-refractivity contribution < 1.29 is 9.13 Å². The summed E-state index contributed by atoms with van der Waals surface area (Å²) in [7, 11) is 0. The molecule has 0 spiro atoms. The molecule has 2 aromatic carbocycles. The minimum Gasteiger partial charge on any atom is -0.461 e. The van der Waals surface area contributed by atoms with Crippen molar-refractivity contribution in [3.8, 4) is 17.3 Å². The van der Waals surface area contributed by atoms with E-state index < -0.39 is 5.82 Å². The second-order valence-corrected chi connectivity index (χ2v) is 13.0. The lowest BCUT2D eigenvalue weighted by Crippen LogP contribution is -2.51. The number of nitrogens with one attached hydrogen (secondary N) is 1. The number of benzene rings is 2. The van der Waals surface area contributed by atoms with Gasteiger partial charge in [-0.15, -0.1) is 11.8 Å². The Morgan fingerprint density at radius 3 is 2.56 bits per heavy atom. The molecule has 2 bridgehead atoms. The molecular weight excluding hydrogens is 535 g/mol. The van der Waals surface area contributed by atoms with Crippen LogP contribution in [0.5, 0.6) is 6.01 Å². The summed E-state index contributed by atoms with van der Waals surface area (Å²) in [6.45, 7) is 4.48. The highest BCUT2D eigenvalue weighted by Gasteiger charge is 2.45. The molecule has 0 amide bonds. The van der Waals surface area contributed by atoms with E-state index in [1.54, 1.807) is 18.0 Å². The zero-order valence-corrected chi connectivity index (χ0v) is 24.2. The number of pyridine rings is 1. The fourth-order valence-corrected chi connectivity index (χ4v) is 8.47. The second-order valence-electron chi connectivity index (χ2n) is 12.1. The second kappa shape index (κ2) is 10.1. The number of aromatic nitrogens is 3. The molecule has 4 fully saturated rings. The molecule has 4 saturated heterocycles. The van der Waals surface area contributed by atoms with Crippen molar-refractivity contribution >= 4 is 39.3 Å². The van der Waals surface area contributed by atoms with E-state index in [4.69, 9.17) is 19.7 Å². The molecule has 8 rings (SSSR count). The van der Waals surface area contributed by atoms with Crippen LogP contribution < -0.4 is 15.0 Å². The smallest absolute Gasteiger partial charge is 0.319 e. The number of hydrogen-bond donors (Lipinski definition) is 1. The first-order chi connectivity index (χ1) is 20.1. The molecule has 4 aliphatic rings. The number of ether oxygens (including phenoxy) is 1. The Hall–Kier alpha value is -3.01. The van der Waals surface area contributed by atoms with E-state index in [9.17, 15) is 0 Å². The largest absolute Gasteiger partial charge is 0.461 e. The van der Waals surface area contributed by atoms with Crippen LogP contribution in [-0.4, -0.2) is 76.5 Å². The fourth-order valence-electron chi connectivity index (χ4n) is 7.82. The van der Waals surface area contributed by atoms with Gasteiger partial charge in [0.25, 0.3) is 0 Å². The first-order valence-corrected chi connectivity index (χ1v) is 16.2. The molecule has 4 aromatic rings. The third-order valence-corrected chi connectivity index (χ3v) is 10.6. The first-order valence-electron chi connectivity index (χ1n) is 14.9. The predicted molar refractivity (Wildman–Crippen MR) is 162 cm³/mol. The molecule has 2 aromatic heterocycles. The topological polar surface area (TPSA) is 66.4 Å². The molecule has 1 N–H and O–H groups in total. The Balaban J connectivity index is 1.26. The van der Waals surface area contributed by atoms with E-state index in [-0.39, 0.29) is 17.1 Å². The van der Waals surface area contributed by atoms with Gasteiger partial charge in [0.15, 0.2) is 5.82 Å². The highest BCUT2D eigenvalue weighted by molar-refractivity contribution is 7.98. The molecule has 6 heterocycles. The van der Waals surface area contributed by atoms with E-state index in [0.29, 0.717) is 29.8 Å². The van der Waals surface area contributed by atoms with Gasteiger partial charge < -0.3 is 15.0 Å². The number of piperazine rings is 1. The van der Waals surface area contributed by atoms with Crippen LogP contribution in [0.2, 0.25) is 0 Å². The van der Waals surface area contributed by atoms with Crippen molar-refractivity contribution in [3.05, 3.63) is 48.4 Å². The van der Waals surface area contributed by atoms with Gasteiger partial charge >= 0.3 is 6.01 Å². The minimum absolute atomic E-state index is 0.0613. The molecule has 9 heteroatoms. The Labute approximate surface area is 243 Å². The standard InChI is InChI=1S/C32H35FN6OS/c1-41-25-9-3-7-20-6-2-8-23(26(20)25)28-27(33)29-24(16-34-28)30(38-17-21-10-11-22(18-38)35-21)37-31(36-29)40-19-32-12-4-14-39(32)15-5-13-32/h2-3,6-9,16,21-22,35H,4-5,10-15,17-19H2,1H3/t21-,22+. The van der Waals surface area contributed by atoms with Gasteiger partial charge in [-0.2, -0.15) is 9.97 Å². The molecular formula is C32H35FN6OS. The molecule has 0 aliphatic carbocycles. The van der Waals surface area contributed by atoms with E-state index in [1.165, 1.54) is 12.8 Å². The molecule has 41 heavy (non-hydrogen) atoms. The van der Waals surface area contributed by atoms with Crippen LogP contribution in [0.4, 0.5) is 10.2 Å². The summed E-state index contributed by atoms with van der Waals surface area (Å²) in [5, 5.41) is 6.42. The van der Waals surface area contributed by atoms with Crippen LogP contribution in [0.1, 0.15) is 38.5 Å². The normalized spacial score (nSPS) is 23.5. The third-order valence-electron chi connectivity index (χ3n) is 9.78. The molecule has 7 nitrogen and oxygen atoms in total. The highest BCUT2D eigenvalue weighted by Crippen LogP contribution is 2.41. The molecule has 4 aliphatic heterocycles. The van der Waals surface area contributed by atoms with Crippen LogP contribution in [0, 0.1) is 5.82 Å². The van der Waals surface area contributed by atoms with Gasteiger partial charge in [0, 0.05) is 47.2 Å². The Morgan fingerprint density at radius 1 is 1.05 bits per heavy atom. The summed E-state index contributed by atoms with van der Waals surface area (Å²) in [5.74, 6) is 0.315. The number of fused-ring (bicyclic) bond motifs is 5.